The van der Waals surface area contributed by atoms with Gasteiger partial charge in [0.2, 0.25) is 5.88 Å². The zero-order chi connectivity index (χ0) is 12.4. The van der Waals surface area contributed by atoms with E-state index in [-0.39, 0.29) is 0 Å². The lowest BCUT2D eigenvalue weighted by molar-refractivity contribution is 0.437. The Morgan fingerprint density at radius 1 is 1.41 bits per heavy atom. The van der Waals surface area contributed by atoms with E-state index < -0.39 is 0 Å². The molecule has 0 spiro atoms. The Kier molecular flexibility index (Phi) is 3.22. The van der Waals surface area contributed by atoms with E-state index >= 15 is 0 Å². The van der Waals surface area contributed by atoms with Gasteiger partial charge in [-0.2, -0.15) is 0 Å². The van der Waals surface area contributed by atoms with Gasteiger partial charge in [0.1, 0.15) is 11.5 Å². The maximum atomic E-state index is 5.83. The van der Waals surface area contributed by atoms with E-state index in [9.17, 15) is 0 Å². The first kappa shape index (κ1) is 11.8. The first-order valence-electron chi connectivity index (χ1n) is 5.94. The van der Waals surface area contributed by atoms with Crippen molar-refractivity contribution in [1.29, 1.82) is 0 Å². The molecule has 0 bridgehead atoms. The second kappa shape index (κ2) is 4.65. The first-order valence-corrected chi connectivity index (χ1v) is 5.94. The highest BCUT2D eigenvalue weighted by molar-refractivity contribution is 5.68. The van der Waals surface area contributed by atoms with Gasteiger partial charge in [-0.25, -0.2) is 0 Å². The Balaban J connectivity index is 2.45. The quantitative estimate of drug-likeness (QED) is 0.881. The minimum atomic E-state index is 0.414. The Labute approximate surface area is 101 Å². The van der Waals surface area contributed by atoms with E-state index in [1.54, 1.807) is 6.26 Å². The monoisotopic (exact) mass is 234 g/mol. The number of anilines is 1. The van der Waals surface area contributed by atoms with Gasteiger partial charge in [0.15, 0.2) is 0 Å². The van der Waals surface area contributed by atoms with Gasteiger partial charge < -0.3 is 14.7 Å². The molecule has 2 rings (SSSR count). The summed E-state index contributed by atoms with van der Waals surface area (Å²) in [5, 5.41) is 4.06. The number of nitrogens with zero attached hydrogens (tertiary/aromatic N) is 1. The molecule has 0 aliphatic heterocycles. The first-order chi connectivity index (χ1) is 8.13. The topological polar surface area (TPSA) is 65.2 Å². The summed E-state index contributed by atoms with van der Waals surface area (Å²) in [6.07, 6.45) is 3.37. The zero-order valence-corrected chi connectivity index (χ0v) is 10.5. The summed E-state index contributed by atoms with van der Waals surface area (Å²) in [5.74, 6) is 1.84. The highest BCUT2D eigenvalue weighted by Crippen LogP contribution is 2.32. The molecular weight excluding hydrogens is 216 g/mol. The van der Waals surface area contributed by atoms with Crippen molar-refractivity contribution in [3.63, 3.8) is 0 Å². The molecule has 2 aromatic heterocycles. The molecule has 4 heteroatoms. The maximum absolute atomic E-state index is 5.83. The van der Waals surface area contributed by atoms with Crippen LogP contribution in [0.3, 0.4) is 0 Å². The molecule has 0 saturated carbocycles. The van der Waals surface area contributed by atoms with Crippen LogP contribution >= 0.6 is 0 Å². The predicted molar refractivity (Wildman–Crippen MR) is 66.5 cm³/mol. The summed E-state index contributed by atoms with van der Waals surface area (Å²) >= 11 is 0. The molecule has 2 N–H and O–H groups in total. The van der Waals surface area contributed by atoms with Gasteiger partial charge in [-0.1, -0.05) is 25.9 Å². The predicted octanol–water partition coefficient (Wildman–Crippen LogP) is 3.28. The number of aryl methyl sites for hydroxylation is 1. The summed E-state index contributed by atoms with van der Waals surface area (Å²) in [5.41, 5.74) is 8.62. The van der Waals surface area contributed by atoms with Gasteiger partial charge in [-0.05, 0) is 18.4 Å². The lowest BCUT2D eigenvalue weighted by atomic mass is 9.99. The summed E-state index contributed by atoms with van der Waals surface area (Å²) in [6, 6.07) is 1.92. The molecule has 0 aliphatic rings. The van der Waals surface area contributed by atoms with Crippen molar-refractivity contribution >= 4 is 5.88 Å². The van der Waals surface area contributed by atoms with Crippen molar-refractivity contribution in [2.45, 2.75) is 33.6 Å². The van der Waals surface area contributed by atoms with Crippen LogP contribution < -0.4 is 5.73 Å². The minimum absolute atomic E-state index is 0.414. The normalized spacial score (nSPS) is 11.3. The van der Waals surface area contributed by atoms with Crippen LogP contribution in [0.1, 0.15) is 32.1 Å². The lowest BCUT2D eigenvalue weighted by Gasteiger charge is -2.04. The van der Waals surface area contributed by atoms with Crippen molar-refractivity contribution in [3.8, 4) is 11.3 Å². The molecule has 92 valence electrons. The Bertz CT molecular complexity index is 497. The summed E-state index contributed by atoms with van der Waals surface area (Å²) in [7, 11) is 0. The average Bonchev–Trinajstić information content (AvgIpc) is 2.86. The molecule has 0 aromatic carbocycles. The highest BCUT2D eigenvalue weighted by atomic mass is 16.5. The van der Waals surface area contributed by atoms with E-state index in [1.165, 1.54) is 0 Å². The van der Waals surface area contributed by atoms with Crippen LogP contribution in [0.15, 0.2) is 21.3 Å². The second-order valence-electron chi connectivity index (χ2n) is 4.58. The van der Waals surface area contributed by atoms with Crippen molar-refractivity contribution < 1.29 is 8.94 Å². The summed E-state index contributed by atoms with van der Waals surface area (Å²) in [4.78, 5) is 0. The SMILES string of the molecule is CCc1occc1-c1noc(N)c1CC(C)C. The van der Waals surface area contributed by atoms with Crippen LogP contribution in [0.2, 0.25) is 0 Å². The molecule has 17 heavy (non-hydrogen) atoms. The highest BCUT2D eigenvalue weighted by Gasteiger charge is 2.19. The molecule has 0 unspecified atom stereocenters. The standard InChI is InChI=1S/C13H18N2O2/c1-4-11-9(5-6-16-11)12-10(7-8(2)3)13(14)17-15-12/h5-6,8H,4,7,14H2,1-3H3. The molecule has 2 heterocycles. The maximum Gasteiger partial charge on any atom is 0.225 e. The van der Waals surface area contributed by atoms with Gasteiger partial charge in [-0.15, -0.1) is 0 Å². The van der Waals surface area contributed by atoms with E-state index in [2.05, 4.69) is 19.0 Å². The fourth-order valence-electron chi connectivity index (χ4n) is 1.96. The second-order valence-corrected chi connectivity index (χ2v) is 4.58. The third kappa shape index (κ3) is 2.20. The largest absolute Gasteiger partial charge is 0.469 e. The molecule has 2 aromatic rings. The Morgan fingerprint density at radius 2 is 2.18 bits per heavy atom. The van der Waals surface area contributed by atoms with Crippen molar-refractivity contribution in [1.82, 2.24) is 5.16 Å². The van der Waals surface area contributed by atoms with Gasteiger partial charge in [-0.3, -0.25) is 0 Å². The molecule has 4 nitrogen and oxygen atoms in total. The lowest BCUT2D eigenvalue weighted by Crippen LogP contribution is -1.98. The number of hydrogen-bond donors (Lipinski definition) is 1. The Hall–Kier alpha value is -1.71. The fourth-order valence-corrected chi connectivity index (χ4v) is 1.96. The molecule has 0 atom stereocenters. The van der Waals surface area contributed by atoms with Gasteiger partial charge in [0, 0.05) is 17.5 Å². The number of nitrogen functional groups attached to an aromatic ring is 1. The number of nitrogens with two attached hydrogens (primary N) is 1. The van der Waals surface area contributed by atoms with E-state index in [1.807, 2.05) is 13.0 Å². The summed E-state index contributed by atoms with van der Waals surface area (Å²) < 4.78 is 10.5. The Morgan fingerprint density at radius 3 is 2.82 bits per heavy atom. The van der Waals surface area contributed by atoms with Crippen molar-refractivity contribution in [2.75, 3.05) is 5.73 Å². The zero-order valence-electron chi connectivity index (χ0n) is 10.5. The molecular formula is C13H18N2O2. The number of furan rings is 1. The van der Waals surface area contributed by atoms with Crippen LogP contribution in [-0.2, 0) is 12.8 Å². The molecule has 0 fully saturated rings. The molecule has 0 aliphatic carbocycles. The molecule has 0 radical (unpaired) electrons. The molecule has 0 saturated heterocycles. The fraction of sp³-hybridized carbons (Fsp3) is 0.462. The van der Waals surface area contributed by atoms with Crippen molar-refractivity contribution in [3.05, 3.63) is 23.7 Å². The average molecular weight is 234 g/mol. The van der Waals surface area contributed by atoms with Gasteiger partial charge in [0.05, 0.1) is 6.26 Å². The van der Waals surface area contributed by atoms with E-state index in [4.69, 9.17) is 14.7 Å². The van der Waals surface area contributed by atoms with Crippen LogP contribution in [-0.4, -0.2) is 5.16 Å². The van der Waals surface area contributed by atoms with Crippen LogP contribution in [0, 0.1) is 5.92 Å². The van der Waals surface area contributed by atoms with Crippen molar-refractivity contribution in [2.24, 2.45) is 5.92 Å². The smallest absolute Gasteiger partial charge is 0.225 e. The van der Waals surface area contributed by atoms with Crippen LogP contribution in [0.4, 0.5) is 5.88 Å². The number of hydrogen-bond acceptors (Lipinski definition) is 4. The van der Waals surface area contributed by atoms with Gasteiger partial charge in [0.25, 0.3) is 0 Å². The summed E-state index contributed by atoms with van der Waals surface area (Å²) in [6.45, 7) is 6.34. The third-order valence-corrected chi connectivity index (χ3v) is 2.75. The molecule has 0 amide bonds. The third-order valence-electron chi connectivity index (χ3n) is 2.75. The van der Waals surface area contributed by atoms with Crippen LogP contribution in [0.25, 0.3) is 11.3 Å². The minimum Gasteiger partial charge on any atom is -0.469 e. The van der Waals surface area contributed by atoms with Gasteiger partial charge >= 0.3 is 0 Å². The van der Waals surface area contributed by atoms with E-state index in [0.29, 0.717) is 11.8 Å². The van der Waals surface area contributed by atoms with Crippen LogP contribution in [0.5, 0.6) is 0 Å². The van der Waals surface area contributed by atoms with E-state index in [0.717, 1.165) is 35.4 Å². The number of aromatic nitrogens is 1. The number of rotatable bonds is 4.